The molecule has 196 valence electrons. The summed E-state index contributed by atoms with van der Waals surface area (Å²) in [4.78, 5) is 32.3. The number of benzene rings is 1. The Hall–Kier alpha value is -2.75. The molecule has 3 fully saturated rings. The standard InChI is InChI=1S/C28H37N7OS/c1-32-11-10-22(17-32)33(2)14-19-8-12-34(13-9-19)26-24-23(20-6-4-3-5-7-20)18-37-27(24)31-28(30-26)35-15-21(16-35)25(29)36/h3-7,18-19,21-22H,8-17H2,1-2H3,(H2,29,36). The maximum Gasteiger partial charge on any atom is 0.228 e. The number of rotatable bonds is 7. The van der Waals surface area contributed by atoms with Crippen molar-refractivity contribution in [1.29, 1.82) is 0 Å². The predicted molar refractivity (Wildman–Crippen MR) is 151 cm³/mol. The van der Waals surface area contributed by atoms with Crippen molar-refractivity contribution in [2.45, 2.75) is 25.3 Å². The molecule has 2 aromatic heterocycles. The Labute approximate surface area is 223 Å². The lowest BCUT2D eigenvalue weighted by molar-refractivity contribution is -0.122. The number of nitrogens with zero attached hydrogens (tertiary/aromatic N) is 6. The van der Waals surface area contributed by atoms with Crippen LogP contribution in [0.2, 0.25) is 0 Å². The van der Waals surface area contributed by atoms with Gasteiger partial charge in [-0.15, -0.1) is 11.3 Å². The van der Waals surface area contributed by atoms with Gasteiger partial charge in [0.25, 0.3) is 0 Å². The van der Waals surface area contributed by atoms with E-state index >= 15 is 0 Å². The molecule has 6 rings (SSSR count). The zero-order valence-electron chi connectivity index (χ0n) is 21.8. The summed E-state index contributed by atoms with van der Waals surface area (Å²) in [6.45, 7) is 6.77. The molecule has 2 N–H and O–H groups in total. The van der Waals surface area contributed by atoms with E-state index in [1.165, 1.54) is 50.0 Å². The Morgan fingerprint density at radius 2 is 1.81 bits per heavy atom. The van der Waals surface area contributed by atoms with Crippen molar-refractivity contribution < 1.29 is 4.79 Å². The fourth-order valence-corrected chi connectivity index (χ4v) is 7.03. The minimum absolute atomic E-state index is 0.113. The van der Waals surface area contributed by atoms with E-state index in [0.29, 0.717) is 31.0 Å². The Bertz CT molecular complexity index is 1250. The van der Waals surface area contributed by atoms with E-state index in [4.69, 9.17) is 15.7 Å². The minimum atomic E-state index is -0.240. The molecule has 3 saturated heterocycles. The Balaban J connectivity index is 1.24. The fraction of sp³-hybridized carbons (Fsp3) is 0.536. The predicted octanol–water partition coefficient (Wildman–Crippen LogP) is 3.13. The number of carbonyl (C=O) groups is 1. The number of hydrogen-bond acceptors (Lipinski definition) is 8. The SMILES string of the molecule is CN1CCC(N(C)CC2CCN(c3nc(N4CC(C(N)=O)C4)nc4scc(-c5ccccc5)c34)CC2)C1. The van der Waals surface area contributed by atoms with Gasteiger partial charge in [-0.1, -0.05) is 30.3 Å². The lowest BCUT2D eigenvalue weighted by Crippen LogP contribution is -2.53. The van der Waals surface area contributed by atoms with Gasteiger partial charge in [0.1, 0.15) is 10.6 Å². The summed E-state index contributed by atoms with van der Waals surface area (Å²) in [5, 5.41) is 3.36. The van der Waals surface area contributed by atoms with Crippen LogP contribution in [0.4, 0.5) is 11.8 Å². The molecule has 1 amide bonds. The Morgan fingerprint density at radius 3 is 2.49 bits per heavy atom. The number of piperidine rings is 1. The van der Waals surface area contributed by atoms with E-state index in [2.05, 4.69) is 69.4 Å². The third kappa shape index (κ3) is 4.92. The molecule has 0 bridgehead atoms. The maximum atomic E-state index is 11.6. The van der Waals surface area contributed by atoms with Crippen LogP contribution >= 0.6 is 11.3 Å². The van der Waals surface area contributed by atoms with Gasteiger partial charge in [0.2, 0.25) is 11.9 Å². The fourth-order valence-electron chi connectivity index (χ4n) is 6.09. The molecule has 1 unspecified atom stereocenters. The van der Waals surface area contributed by atoms with Crippen LogP contribution in [-0.4, -0.2) is 91.6 Å². The number of amides is 1. The summed E-state index contributed by atoms with van der Waals surface area (Å²) >= 11 is 1.68. The molecule has 9 heteroatoms. The number of thiophene rings is 1. The maximum absolute atomic E-state index is 11.6. The van der Waals surface area contributed by atoms with Crippen molar-refractivity contribution in [3.8, 4) is 11.1 Å². The lowest BCUT2D eigenvalue weighted by Gasteiger charge is -2.39. The second-order valence-corrected chi connectivity index (χ2v) is 12.0. The highest BCUT2D eigenvalue weighted by Gasteiger charge is 2.34. The molecule has 8 nitrogen and oxygen atoms in total. The highest BCUT2D eigenvalue weighted by Crippen LogP contribution is 2.41. The van der Waals surface area contributed by atoms with Crippen LogP contribution in [0.15, 0.2) is 35.7 Å². The van der Waals surface area contributed by atoms with Crippen LogP contribution in [0.1, 0.15) is 19.3 Å². The van der Waals surface area contributed by atoms with Crippen molar-refractivity contribution >= 4 is 39.2 Å². The molecule has 5 heterocycles. The topological polar surface area (TPSA) is 81.8 Å². The van der Waals surface area contributed by atoms with Crippen LogP contribution in [-0.2, 0) is 4.79 Å². The number of hydrogen-bond donors (Lipinski definition) is 1. The molecule has 3 aromatic rings. The molecule has 0 spiro atoms. The summed E-state index contributed by atoms with van der Waals surface area (Å²) in [7, 11) is 4.53. The number of primary amides is 1. The minimum Gasteiger partial charge on any atom is -0.369 e. The van der Waals surface area contributed by atoms with E-state index < -0.39 is 0 Å². The third-order valence-corrected chi connectivity index (χ3v) is 9.38. The number of likely N-dealkylation sites (N-methyl/N-ethyl adjacent to an activating group) is 2. The van der Waals surface area contributed by atoms with Crippen molar-refractivity contribution in [2.24, 2.45) is 17.6 Å². The number of fused-ring (bicyclic) bond motifs is 1. The van der Waals surface area contributed by atoms with Crippen molar-refractivity contribution in [2.75, 3.05) is 69.7 Å². The molecular formula is C28H37N7OS. The van der Waals surface area contributed by atoms with Gasteiger partial charge in [-0.05, 0) is 51.4 Å². The monoisotopic (exact) mass is 519 g/mol. The van der Waals surface area contributed by atoms with Crippen molar-refractivity contribution in [1.82, 2.24) is 19.8 Å². The lowest BCUT2D eigenvalue weighted by atomic mass is 9.95. The van der Waals surface area contributed by atoms with Gasteiger partial charge in [0.15, 0.2) is 0 Å². The first-order valence-corrected chi connectivity index (χ1v) is 14.4. The first-order chi connectivity index (χ1) is 18.0. The third-order valence-electron chi connectivity index (χ3n) is 8.50. The van der Waals surface area contributed by atoms with Gasteiger partial charge in [0, 0.05) is 56.3 Å². The smallest absolute Gasteiger partial charge is 0.228 e. The molecule has 3 aliphatic heterocycles. The summed E-state index contributed by atoms with van der Waals surface area (Å²) in [6, 6.07) is 11.2. The number of nitrogens with two attached hydrogens (primary N) is 1. The Kier molecular flexibility index (Phi) is 6.77. The van der Waals surface area contributed by atoms with Crippen LogP contribution in [0.5, 0.6) is 0 Å². The highest BCUT2D eigenvalue weighted by atomic mass is 32.1. The quantitative estimate of drug-likeness (QED) is 0.514. The first-order valence-electron chi connectivity index (χ1n) is 13.5. The molecule has 1 atom stereocenters. The second kappa shape index (κ2) is 10.2. The first kappa shape index (κ1) is 24.6. The van der Waals surface area contributed by atoms with Crippen LogP contribution in [0.3, 0.4) is 0 Å². The number of likely N-dealkylation sites (tertiary alicyclic amines) is 1. The summed E-state index contributed by atoms with van der Waals surface area (Å²) in [6.07, 6.45) is 3.62. The largest absolute Gasteiger partial charge is 0.369 e. The molecule has 37 heavy (non-hydrogen) atoms. The summed E-state index contributed by atoms with van der Waals surface area (Å²) in [5.41, 5.74) is 7.92. The number of anilines is 2. The van der Waals surface area contributed by atoms with E-state index in [1.807, 2.05) is 0 Å². The van der Waals surface area contributed by atoms with E-state index in [9.17, 15) is 4.79 Å². The van der Waals surface area contributed by atoms with Gasteiger partial charge in [-0.25, -0.2) is 4.98 Å². The van der Waals surface area contributed by atoms with E-state index in [-0.39, 0.29) is 11.8 Å². The zero-order chi connectivity index (χ0) is 25.5. The molecule has 0 aliphatic carbocycles. The second-order valence-electron chi connectivity index (χ2n) is 11.1. The summed E-state index contributed by atoms with van der Waals surface area (Å²) < 4.78 is 0. The van der Waals surface area contributed by atoms with Crippen molar-refractivity contribution in [3.63, 3.8) is 0 Å². The molecule has 1 aromatic carbocycles. The summed E-state index contributed by atoms with van der Waals surface area (Å²) in [5.74, 6) is 2.11. The average Bonchev–Trinajstić information content (AvgIpc) is 3.50. The van der Waals surface area contributed by atoms with Gasteiger partial charge >= 0.3 is 0 Å². The molecule has 0 saturated carbocycles. The molecule has 3 aliphatic rings. The van der Waals surface area contributed by atoms with Gasteiger partial charge in [-0.2, -0.15) is 4.98 Å². The van der Waals surface area contributed by atoms with Gasteiger partial charge in [0.05, 0.1) is 11.3 Å². The molecular weight excluding hydrogens is 482 g/mol. The zero-order valence-corrected chi connectivity index (χ0v) is 22.7. The van der Waals surface area contributed by atoms with Crippen LogP contribution in [0.25, 0.3) is 21.3 Å². The van der Waals surface area contributed by atoms with Crippen LogP contribution < -0.4 is 15.5 Å². The van der Waals surface area contributed by atoms with Gasteiger partial charge in [-0.3, -0.25) is 4.79 Å². The molecule has 0 radical (unpaired) electrons. The Morgan fingerprint density at radius 1 is 1.05 bits per heavy atom. The highest BCUT2D eigenvalue weighted by molar-refractivity contribution is 7.17. The number of aromatic nitrogens is 2. The average molecular weight is 520 g/mol. The van der Waals surface area contributed by atoms with E-state index in [1.54, 1.807) is 11.3 Å². The normalized spacial score (nSPS) is 21.8. The number of carbonyl (C=O) groups excluding carboxylic acids is 1. The van der Waals surface area contributed by atoms with Crippen LogP contribution in [0, 0.1) is 11.8 Å². The van der Waals surface area contributed by atoms with Crippen molar-refractivity contribution in [3.05, 3.63) is 35.7 Å². The van der Waals surface area contributed by atoms with Gasteiger partial charge < -0.3 is 25.3 Å². The van der Waals surface area contributed by atoms with E-state index in [0.717, 1.165) is 29.1 Å².